The van der Waals surface area contributed by atoms with Crippen LogP contribution in [0.2, 0.25) is 0 Å². The first kappa shape index (κ1) is 38.5. The van der Waals surface area contributed by atoms with Crippen LogP contribution in [0, 0.1) is 0 Å². The number of allylic oxidation sites excluding steroid dienone is 6. The Hall–Kier alpha value is -6.70. The first-order valence-corrected chi connectivity index (χ1v) is 22.1. The van der Waals surface area contributed by atoms with Gasteiger partial charge < -0.3 is 4.90 Å². The molecule has 0 N–H and O–H groups in total. The third kappa shape index (κ3) is 6.05. The molecule has 0 saturated heterocycles. The number of anilines is 3. The zero-order valence-electron chi connectivity index (χ0n) is 36.0. The van der Waals surface area contributed by atoms with Gasteiger partial charge in [0, 0.05) is 22.5 Å². The van der Waals surface area contributed by atoms with E-state index in [1.54, 1.807) is 5.57 Å². The van der Waals surface area contributed by atoms with E-state index in [-0.39, 0.29) is 5.41 Å². The van der Waals surface area contributed by atoms with Crippen molar-refractivity contribution >= 4 is 34.3 Å². The average molecular weight is 788 g/mol. The second-order valence-electron chi connectivity index (χ2n) is 17.2. The maximum absolute atomic E-state index is 2.50. The molecule has 10 rings (SSSR count). The number of benzene rings is 7. The van der Waals surface area contributed by atoms with Gasteiger partial charge in [0.15, 0.2) is 0 Å². The average Bonchev–Trinajstić information content (AvgIpc) is 3.74. The molecular formula is C60H53N. The monoisotopic (exact) mass is 787 g/mol. The molecule has 0 unspecified atom stereocenters. The van der Waals surface area contributed by atoms with Gasteiger partial charge in [0.2, 0.25) is 0 Å². The first-order valence-electron chi connectivity index (χ1n) is 22.1. The van der Waals surface area contributed by atoms with Gasteiger partial charge in [0.25, 0.3) is 0 Å². The van der Waals surface area contributed by atoms with Gasteiger partial charge in [-0.2, -0.15) is 0 Å². The Bertz CT molecular complexity index is 3010. The van der Waals surface area contributed by atoms with Crippen LogP contribution in [0.1, 0.15) is 87.3 Å². The molecule has 7 aromatic carbocycles. The zero-order valence-corrected chi connectivity index (χ0v) is 36.0. The summed E-state index contributed by atoms with van der Waals surface area (Å²) in [6.07, 6.45) is 14.1. The molecule has 3 aliphatic carbocycles. The van der Waals surface area contributed by atoms with Crippen LogP contribution in [0.4, 0.5) is 17.1 Å². The fraction of sp³-hybridized carbons (Fsp3) is 0.167. The van der Waals surface area contributed by atoms with E-state index in [1.165, 1.54) is 77.2 Å². The lowest BCUT2D eigenvalue weighted by molar-refractivity contribution is 0.618. The third-order valence-corrected chi connectivity index (χ3v) is 13.8. The summed E-state index contributed by atoms with van der Waals surface area (Å²) in [5, 5.41) is 2.52. The van der Waals surface area contributed by atoms with Crippen molar-refractivity contribution in [3.05, 3.63) is 237 Å². The van der Waals surface area contributed by atoms with Crippen LogP contribution in [-0.4, -0.2) is 0 Å². The quantitative estimate of drug-likeness (QED) is 0.148. The first-order chi connectivity index (χ1) is 29.9. The Labute approximate surface area is 362 Å². The van der Waals surface area contributed by atoms with Crippen molar-refractivity contribution in [3.63, 3.8) is 0 Å². The second-order valence-corrected chi connectivity index (χ2v) is 17.2. The van der Waals surface area contributed by atoms with Gasteiger partial charge in [0.1, 0.15) is 0 Å². The largest absolute Gasteiger partial charge is 0.310 e. The lowest BCUT2D eigenvalue weighted by atomic mass is 9.67. The minimum Gasteiger partial charge on any atom is -0.310 e. The van der Waals surface area contributed by atoms with E-state index >= 15 is 0 Å². The van der Waals surface area contributed by atoms with Crippen LogP contribution in [-0.2, 0) is 10.8 Å². The Morgan fingerprint density at radius 3 is 1.90 bits per heavy atom. The van der Waals surface area contributed by atoms with E-state index in [0.717, 1.165) is 36.3 Å². The van der Waals surface area contributed by atoms with Gasteiger partial charge in [-0.25, -0.2) is 0 Å². The van der Waals surface area contributed by atoms with Gasteiger partial charge >= 0.3 is 0 Å². The highest BCUT2D eigenvalue weighted by atomic mass is 15.1. The number of nitrogens with zero attached hydrogens (tertiary/aromatic N) is 1. The molecule has 0 fully saturated rings. The Balaban J connectivity index is 1.24. The summed E-state index contributed by atoms with van der Waals surface area (Å²) < 4.78 is 0. The maximum Gasteiger partial charge on any atom is 0.0714 e. The lowest BCUT2D eigenvalue weighted by Gasteiger charge is -2.35. The second kappa shape index (κ2) is 15.4. The topological polar surface area (TPSA) is 3.24 Å². The van der Waals surface area contributed by atoms with Crippen LogP contribution in [0.15, 0.2) is 194 Å². The summed E-state index contributed by atoms with van der Waals surface area (Å²) in [5.41, 5.74) is 20.4. The third-order valence-electron chi connectivity index (χ3n) is 13.8. The summed E-state index contributed by atoms with van der Waals surface area (Å²) in [6, 6.07) is 61.8. The summed E-state index contributed by atoms with van der Waals surface area (Å²) >= 11 is 0. The minimum absolute atomic E-state index is 0.0462. The van der Waals surface area contributed by atoms with Crippen molar-refractivity contribution in [2.45, 2.75) is 64.7 Å². The van der Waals surface area contributed by atoms with Gasteiger partial charge in [-0.1, -0.05) is 191 Å². The van der Waals surface area contributed by atoms with Gasteiger partial charge in [-0.3, -0.25) is 0 Å². The Morgan fingerprint density at radius 1 is 0.557 bits per heavy atom. The highest BCUT2D eigenvalue weighted by Gasteiger charge is 2.46. The standard InChI is InChI=1S/C60H53N/c1-6-41-34-35-47(39-54(41)42-22-12-9-13-23-42)61(46-29-20-24-43(38-46)50-31-21-32-53-49(7-2)55(8-3)59(4,5)58(50)53)48-36-37-52-51-30-18-19-33-56(51)60(57(52)40-48,44-25-14-10-15-26-44)45-27-16-11-17-28-45/h6,9-22,24-40H,7-8,23H2,1-5H3/b41-6-,54-42-. The molecular weight excluding hydrogens is 735 g/mol. The smallest absolute Gasteiger partial charge is 0.0714 e. The molecule has 0 bridgehead atoms. The molecule has 1 heteroatoms. The molecule has 3 aliphatic rings. The molecule has 0 atom stereocenters. The van der Waals surface area contributed by atoms with E-state index in [0.29, 0.717) is 0 Å². The molecule has 7 aromatic rings. The van der Waals surface area contributed by atoms with Crippen molar-refractivity contribution in [3.8, 4) is 22.3 Å². The molecule has 0 aromatic heterocycles. The minimum atomic E-state index is -0.504. The fourth-order valence-electron chi connectivity index (χ4n) is 11.2. The van der Waals surface area contributed by atoms with Crippen LogP contribution in [0.25, 0.3) is 39.5 Å². The maximum atomic E-state index is 2.50. The van der Waals surface area contributed by atoms with E-state index < -0.39 is 5.41 Å². The number of hydrogen-bond acceptors (Lipinski definition) is 1. The van der Waals surface area contributed by atoms with E-state index in [9.17, 15) is 0 Å². The predicted octanol–water partition coefficient (Wildman–Crippen LogP) is 14.5. The zero-order chi connectivity index (χ0) is 41.7. The number of fused-ring (bicyclic) bond motifs is 4. The predicted molar refractivity (Wildman–Crippen MR) is 260 cm³/mol. The molecule has 1 nitrogen and oxygen atoms in total. The summed E-state index contributed by atoms with van der Waals surface area (Å²) in [7, 11) is 0. The van der Waals surface area contributed by atoms with E-state index in [1.807, 2.05) is 0 Å². The molecule has 0 amide bonds. The summed E-state index contributed by atoms with van der Waals surface area (Å²) in [4.78, 5) is 2.50. The fourth-order valence-corrected chi connectivity index (χ4v) is 11.2. The highest BCUT2D eigenvalue weighted by molar-refractivity contribution is 5.91. The van der Waals surface area contributed by atoms with Crippen molar-refractivity contribution in [2.24, 2.45) is 0 Å². The molecule has 0 aliphatic heterocycles. The van der Waals surface area contributed by atoms with Gasteiger partial charge in [0.05, 0.1) is 5.41 Å². The van der Waals surface area contributed by atoms with Crippen LogP contribution >= 0.6 is 0 Å². The van der Waals surface area contributed by atoms with Crippen LogP contribution in [0.3, 0.4) is 0 Å². The molecule has 61 heavy (non-hydrogen) atoms. The SMILES string of the molecule is C/C=c1/ccc(N(c2cccc(-c3cccc4c3C(C)(C)C(CC)=C4CC)c2)c2ccc3c(c2)C(c2ccccc2)(c2ccccc2)c2ccccc2-3)c/c1=C1\C=CC=CC1. The van der Waals surface area contributed by atoms with E-state index in [2.05, 4.69) is 234 Å². The normalized spacial score (nSPS) is 16.7. The molecule has 0 radical (unpaired) electrons. The highest BCUT2D eigenvalue weighted by Crippen LogP contribution is 2.57. The lowest BCUT2D eigenvalue weighted by Crippen LogP contribution is -2.29. The Kier molecular flexibility index (Phi) is 9.72. The van der Waals surface area contributed by atoms with Crippen molar-refractivity contribution in [1.29, 1.82) is 0 Å². The van der Waals surface area contributed by atoms with Crippen LogP contribution in [0.5, 0.6) is 0 Å². The van der Waals surface area contributed by atoms with Crippen LogP contribution < -0.4 is 15.3 Å². The summed E-state index contributed by atoms with van der Waals surface area (Å²) in [5.74, 6) is 0. The molecule has 298 valence electrons. The van der Waals surface area contributed by atoms with Gasteiger partial charge in [-0.15, -0.1) is 0 Å². The van der Waals surface area contributed by atoms with E-state index in [4.69, 9.17) is 0 Å². The number of hydrogen-bond donors (Lipinski definition) is 0. The summed E-state index contributed by atoms with van der Waals surface area (Å²) in [6.45, 7) is 11.7. The Morgan fingerprint density at radius 2 is 1.20 bits per heavy atom. The van der Waals surface area contributed by atoms with Crippen molar-refractivity contribution in [2.75, 3.05) is 4.90 Å². The number of rotatable bonds is 8. The molecule has 0 saturated carbocycles. The van der Waals surface area contributed by atoms with Crippen molar-refractivity contribution in [1.82, 2.24) is 0 Å². The molecule has 0 spiro atoms. The molecule has 0 heterocycles. The van der Waals surface area contributed by atoms with Gasteiger partial charge in [-0.05, 0) is 140 Å². The van der Waals surface area contributed by atoms with Crippen molar-refractivity contribution < 1.29 is 0 Å².